The third-order valence-corrected chi connectivity index (χ3v) is 2.36. The van der Waals surface area contributed by atoms with E-state index in [4.69, 9.17) is 5.73 Å². The van der Waals surface area contributed by atoms with E-state index in [2.05, 4.69) is 5.32 Å². The first-order chi connectivity index (χ1) is 6.20. The number of benzene rings is 1. The van der Waals surface area contributed by atoms with E-state index in [1.54, 1.807) is 0 Å². The monoisotopic (exact) mass is 176 g/mol. The number of carbonyl (C=O) groups excluding carboxylic acids is 1. The second-order valence-corrected chi connectivity index (χ2v) is 3.41. The molecule has 0 fully saturated rings. The summed E-state index contributed by atoms with van der Waals surface area (Å²) in [4.78, 5) is 11.5. The molecule has 1 aromatic carbocycles. The molecule has 3 nitrogen and oxygen atoms in total. The minimum absolute atomic E-state index is 0.0104. The van der Waals surface area contributed by atoms with Crippen LogP contribution in [0.15, 0.2) is 24.3 Å². The van der Waals surface area contributed by atoms with E-state index >= 15 is 0 Å². The Balaban J connectivity index is 2.46. The zero-order valence-corrected chi connectivity index (χ0v) is 7.45. The molecule has 2 rings (SSSR count). The van der Waals surface area contributed by atoms with Crippen LogP contribution in [0.25, 0.3) is 0 Å². The van der Waals surface area contributed by atoms with Crippen LogP contribution in [-0.4, -0.2) is 11.9 Å². The molecule has 0 spiro atoms. The van der Waals surface area contributed by atoms with E-state index < -0.39 is 0 Å². The molecular formula is C10H12N2O. The minimum Gasteiger partial charge on any atom is -0.327 e. The summed E-state index contributed by atoms with van der Waals surface area (Å²) >= 11 is 0. The predicted molar refractivity (Wildman–Crippen MR) is 51.5 cm³/mol. The number of anilines is 1. The zero-order valence-electron chi connectivity index (χ0n) is 7.45. The molecule has 13 heavy (non-hydrogen) atoms. The van der Waals surface area contributed by atoms with Crippen molar-refractivity contribution >= 4 is 11.6 Å². The van der Waals surface area contributed by atoms with Crippen molar-refractivity contribution in [3.05, 3.63) is 29.8 Å². The SMILES string of the molecule is CC(N)[C@H]1C(=O)Nc2ccccc21. The van der Waals surface area contributed by atoms with Crippen LogP contribution < -0.4 is 11.1 Å². The fraction of sp³-hybridized carbons (Fsp3) is 0.300. The van der Waals surface area contributed by atoms with Crippen molar-refractivity contribution in [2.45, 2.75) is 18.9 Å². The molecule has 0 aliphatic carbocycles. The number of carbonyl (C=O) groups is 1. The first kappa shape index (κ1) is 8.26. The van der Waals surface area contributed by atoms with Gasteiger partial charge in [0.05, 0.1) is 5.92 Å². The van der Waals surface area contributed by atoms with Crippen LogP contribution in [0.2, 0.25) is 0 Å². The lowest BCUT2D eigenvalue weighted by Gasteiger charge is -2.11. The van der Waals surface area contributed by atoms with Crippen molar-refractivity contribution in [1.29, 1.82) is 0 Å². The Morgan fingerprint density at radius 3 is 2.85 bits per heavy atom. The molecule has 1 aliphatic rings. The van der Waals surface area contributed by atoms with Crippen LogP contribution in [0.4, 0.5) is 5.69 Å². The first-order valence-corrected chi connectivity index (χ1v) is 4.35. The highest BCUT2D eigenvalue weighted by molar-refractivity contribution is 6.03. The quantitative estimate of drug-likeness (QED) is 0.672. The second kappa shape index (κ2) is 2.85. The number of nitrogens with two attached hydrogens (primary N) is 1. The Labute approximate surface area is 76.9 Å². The molecule has 1 amide bonds. The van der Waals surface area contributed by atoms with Gasteiger partial charge in [0.25, 0.3) is 0 Å². The van der Waals surface area contributed by atoms with Gasteiger partial charge in [-0.15, -0.1) is 0 Å². The Hall–Kier alpha value is -1.35. The van der Waals surface area contributed by atoms with Gasteiger partial charge in [0.15, 0.2) is 0 Å². The minimum atomic E-state index is -0.184. The van der Waals surface area contributed by atoms with E-state index in [1.807, 2.05) is 31.2 Å². The standard InChI is InChI=1S/C10H12N2O/c1-6(11)9-7-4-2-3-5-8(7)12-10(9)13/h2-6,9H,11H2,1H3,(H,12,13)/t6?,9-/m1/s1. The fourth-order valence-corrected chi connectivity index (χ4v) is 1.76. The summed E-state index contributed by atoms with van der Waals surface area (Å²) in [5, 5.41) is 2.81. The van der Waals surface area contributed by atoms with Crippen LogP contribution >= 0.6 is 0 Å². The molecule has 0 saturated carbocycles. The highest BCUT2D eigenvalue weighted by atomic mass is 16.2. The van der Waals surface area contributed by atoms with Crippen LogP contribution in [0, 0.1) is 0 Å². The largest absolute Gasteiger partial charge is 0.327 e. The van der Waals surface area contributed by atoms with Crippen molar-refractivity contribution in [2.24, 2.45) is 5.73 Å². The number of hydrogen-bond donors (Lipinski definition) is 2. The van der Waals surface area contributed by atoms with Crippen molar-refractivity contribution in [2.75, 3.05) is 5.32 Å². The van der Waals surface area contributed by atoms with E-state index in [1.165, 1.54) is 0 Å². The van der Waals surface area contributed by atoms with Crippen LogP contribution in [0.5, 0.6) is 0 Å². The Morgan fingerprint density at radius 1 is 1.46 bits per heavy atom. The lowest BCUT2D eigenvalue weighted by molar-refractivity contribution is -0.117. The van der Waals surface area contributed by atoms with Gasteiger partial charge in [-0.25, -0.2) is 0 Å². The Kier molecular flexibility index (Phi) is 1.81. The molecule has 1 unspecified atom stereocenters. The average Bonchev–Trinajstić information content (AvgIpc) is 2.39. The summed E-state index contributed by atoms with van der Waals surface area (Å²) in [5.41, 5.74) is 7.66. The lowest BCUT2D eigenvalue weighted by atomic mass is 9.95. The van der Waals surface area contributed by atoms with Crippen molar-refractivity contribution in [3.63, 3.8) is 0 Å². The van der Waals surface area contributed by atoms with Gasteiger partial charge in [-0.3, -0.25) is 4.79 Å². The molecule has 1 aliphatic heterocycles. The molecule has 1 aromatic rings. The first-order valence-electron chi connectivity index (χ1n) is 4.35. The van der Waals surface area contributed by atoms with Gasteiger partial charge in [0.1, 0.15) is 0 Å². The maximum atomic E-state index is 11.5. The summed E-state index contributed by atoms with van der Waals surface area (Å²) < 4.78 is 0. The van der Waals surface area contributed by atoms with Gasteiger partial charge in [-0.1, -0.05) is 18.2 Å². The summed E-state index contributed by atoms with van der Waals surface area (Å²) in [6.07, 6.45) is 0. The molecule has 3 heteroatoms. The Bertz CT molecular complexity index is 347. The molecule has 0 aromatic heterocycles. The van der Waals surface area contributed by atoms with Crippen molar-refractivity contribution in [1.82, 2.24) is 0 Å². The molecular weight excluding hydrogens is 164 g/mol. The highest BCUT2D eigenvalue weighted by Crippen LogP contribution is 2.33. The molecule has 1 heterocycles. The summed E-state index contributed by atoms with van der Waals surface area (Å²) in [7, 11) is 0. The normalized spacial score (nSPS) is 22.3. The van der Waals surface area contributed by atoms with E-state index in [0.29, 0.717) is 0 Å². The number of amides is 1. The number of para-hydroxylation sites is 1. The summed E-state index contributed by atoms with van der Waals surface area (Å²) in [6.45, 7) is 1.85. The van der Waals surface area contributed by atoms with Crippen molar-refractivity contribution < 1.29 is 4.79 Å². The van der Waals surface area contributed by atoms with E-state index in [-0.39, 0.29) is 17.9 Å². The van der Waals surface area contributed by atoms with Crippen LogP contribution in [0.3, 0.4) is 0 Å². The molecule has 0 radical (unpaired) electrons. The van der Waals surface area contributed by atoms with E-state index in [0.717, 1.165) is 11.3 Å². The van der Waals surface area contributed by atoms with E-state index in [9.17, 15) is 4.79 Å². The average molecular weight is 176 g/mol. The van der Waals surface area contributed by atoms with Gasteiger partial charge in [-0.2, -0.15) is 0 Å². The molecule has 0 bridgehead atoms. The maximum absolute atomic E-state index is 11.5. The molecule has 3 N–H and O–H groups in total. The van der Waals surface area contributed by atoms with Crippen molar-refractivity contribution in [3.8, 4) is 0 Å². The van der Waals surface area contributed by atoms with Gasteiger partial charge >= 0.3 is 0 Å². The second-order valence-electron chi connectivity index (χ2n) is 3.41. The smallest absolute Gasteiger partial charge is 0.233 e. The Morgan fingerprint density at radius 2 is 2.15 bits per heavy atom. The molecule has 68 valence electrons. The van der Waals surface area contributed by atoms with Gasteiger partial charge in [0.2, 0.25) is 5.91 Å². The number of hydrogen-bond acceptors (Lipinski definition) is 2. The lowest BCUT2D eigenvalue weighted by Crippen LogP contribution is -2.29. The molecule has 0 saturated heterocycles. The zero-order chi connectivity index (χ0) is 9.42. The van der Waals surface area contributed by atoms with Gasteiger partial charge in [0, 0.05) is 11.7 Å². The predicted octanol–water partition coefficient (Wildman–Crippen LogP) is 1.07. The van der Waals surface area contributed by atoms with Gasteiger partial charge < -0.3 is 11.1 Å². The number of nitrogens with one attached hydrogen (secondary N) is 1. The third kappa shape index (κ3) is 1.21. The highest BCUT2D eigenvalue weighted by Gasteiger charge is 2.32. The maximum Gasteiger partial charge on any atom is 0.233 e. The number of fused-ring (bicyclic) bond motifs is 1. The summed E-state index contributed by atoms with van der Waals surface area (Å²) in [6, 6.07) is 7.54. The topological polar surface area (TPSA) is 55.1 Å². The third-order valence-electron chi connectivity index (χ3n) is 2.36. The summed E-state index contributed by atoms with van der Waals surface area (Å²) in [5.74, 6) is -0.174. The van der Waals surface area contributed by atoms with Gasteiger partial charge in [-0.05, 0) is 18.6 Å². The fourth-order valence-electron chi connectivity index (χ4n) is 1.76. The van der Waals surface area contributed by atoms with Crippen LogP contribution in [-0.2, 0) is 4.79 Å². The van der Waals surface area contributed by atoms with Crippen LogP contribution in [0.1, 0.15) is 18.4 Å². The molecule has 2 atom stereocenters. The number of rotatable bonds is 1.